The molecule has 5 nitrogen and oxygen atoms in total. The van der Waals surface area contributed by atoms with Crippen molar-refractivity contribution in [3.63, 3.8) is 0 Å². The third-order valence-electron chi connectivity index (χ3n) is 4.81. The molecule has 0 aromatic heterocycles. The number of amides is 2. The van der Waals surface area contributed by atoms with Crippen molar-refractivity contribution in [1.29, 1.82) is 0 Å². The highest BCUT2D eigenvalue weighted by molar-refractivity contribution is 9.10. The monoisotopic (exact) mass is 429 g/mol. The van der Waals surface area contributed by atoms with Crippen LogP contribution in [0.4, 0.5) is 5.69 Å². The van der Waals surface area contributed by atoms with E-state index < -0.39 is 0 Å². The molecule has 1 aliphatic heterocycles. The molecule has 0 unspecified atom stereocenters. The average Bonchev–Trinajstić information content (AvgIpc) is 2.93. The summed E-state index contributed by atoms with van der Waals surface area (Å²) < 4.78 is 0.799. The van der Waals surface area contributed by atoms with Crippen molar-refractivity contribution in [3.8, 4) is 0 Å². The van der Waals surface area contributed by atoms with Gasteiger partial charge >= 0.3 is 0 Å². The summed E-state index contributed by atoms with van der Waals surface area (Å²) >= 11 is 3.45. The Morgan fingerprint density at radius 1 is 0.852 bits per heavy atom. The molecule has 0 spiro atoms. The van der Waals surface area contributed by atoms with Gasteiger partial charge in [-0.3, -0.25) is 9.59 Å². The zero-order valence-electron chi connectivity index (χ0n) is 15.7. The van der Waals surface area contributed by atoms with Gasteiger partial charge in [-0.05, 0) is 58.7 Å². The number of carbonyl (C=O) groups excluding carboxylic acids is 2. The maximum atomic E-state index is 12.8. The van der Waals surface area contributed by atoms with Gasteiger partial charge in [0.1, 0.15) is 0 Å². The van der Waals surface area contributed by atoms with Crippen LogP contribution in [-0.4, -0.2) is 61.9 Å². The average molecular weight is 430 g/mol. The third kappa shape index (κ3) is 4.50. The molecule has 2 aromatic carbocycles. The Labute approximate surface area is 168 Å². The lowest BCUT2D eigenvalue weighted by Gasteiger charge is -2.23. The fourth-order valence-electron chi connectivity index (χ4n) is 3.21. The number of benzene rings is 2. The second-order valence-electron chi connectivity index (χ2n) is 6.86. The minimum atomic E-state index is 0.00658. The van der Waals surface area contributed by atoms with E-state index in [1.54, 1.807) is 0 Å². The first-order valence-electron chi connectivity index (χ1n) is 9.08. The van der Waals surface area contributed by atoms with Gasteiger partial charge in [0.2, 0.25) is 0 Å². The van der Waals surface area contributed by atoms with E-state index in [-0.39, 0.29) is 11.8 Å². The summed E-state index contributed by atoms with van der Waals surface area (Å²) in [6.45, 7) is 2.41. The van der Waals surface area contributed by atoms with E-state index in [0.717, 1.165) is 16.6 Å². The molecule has 0 N–H and O–H groups in total. The lowest BCUT2D eigenvalue weighted by Crippen LogP contribution is -2.37. The van der Waals surface area contributed by atoms with Crippen LogP contribution in [0.15, 0.2) is 53.0 Å². The molecular formula is C21H24BrN3O2. The smallest absolute Gasteiger partial charge is 0.255 e. The molecule has 1 heterocycles. The Hall–Kier alpha value is -2.34. The van der Waals surface area contributed by atoms with Crippen molar-refractivity contribution < 1.29 is 9.59 Å². The molecule has 1 aliphatic rings. The van der Waals surface area contributed by atoms with Crippen LogP contribution in [0, 0.1) is 0 Å². The molecule has 3 rings (SSSR count). The molecule has 0 atom stereocenters. The van der Waals surface area contributed by atoms with Crippen LogP contribution in [0.25, 0.3) is 0 Å². The Kier molecular flexibility index (Phi) is 6.16. The Morgan fingerprint density at radius 2 is 1.44 bits per heavy atom. The molecule has 142 valence electrons. The van der Waals surface area contributed by atoms with Gasteiger partial charge in [-0.1, -0.05) is 12.1 Å². The third-order valence-corrected chi connectivity index (χ3v) is 5.50. The first-order valence-corrected chi connectivity index (χ1v) is 9.87. The molecule has 2 aromatic rings. The van der Waals surface area contributed by atoms with Gasteiger partial charge < -0.3 is 14.7 Å². The van der Waals surface area contributed by atoms with E-state index in [1.165, 1.54) is 0 Å². The maximum Gasteiger partial charge on any atom is 0.255 e. The summed E-state index contributed by atoms with van der Waals surface area (Å²) in [5.74, 6) is 0.0302. The molecule has 0 aliphatic carbocycles. The predicted molar refractivity (Wildman–Crippen MR) is 111 cm³/mol. The molecule has 0 saturated carbocycles. The summed E-state index contributed by atoms with van der Waals surface area (Å²) in [7, 11) is 3.95. The SMILES string of the molecule is CN(C)c1ccc(C(=O)N2CCCN(C(=O)c3ccccc3Br)CC2)cc1. The molecule has 2 amide bonds. The van der Waals surface area contributed by atoms with E-state index in [4.69, 9.17) is 0 Å². The van der Waals surface area contributed by atoms with Crippen LogP contribution in [0.3, 0.4) is 0 Å². The lowest BCUT2D eigenvalue weighted by atomic mass is 10.1. The summed E-state index contributed by atoms with van der Waals surface area (Å²) in [6, 6.07) is 15.1. The largest absolute Gasteiger partial charge is 0.378 e. The van der Waals surface area contributed by atoms with E-state index in [1.807, 2.05) is 77.3 Å². The number of hydrogen-bond acceptors (Lipinski definition) is 3. The van der Waals surface area contributed by atoms with Gasteiger partial charge in [-0.2, -0.15) is 0 Å². The number of rotatable bonds is 3. The number of halogens is 1. The fourth-order valence-corrected chi connectivity index (χ4v) is 3.67. The van der Waals surface area contributed by atoms with Gasteiger partial charge in [-0.15, -0.1) is 0 Å². The molecule has 1 fully saturated rings. The minimum Gasteiger partial charge on any atom is -0.378 e. The van der Waals surface area contributed by atoms with Gasteiger partial charge in [-0.25, -0.2) is 0 Å². The molecule has 6 heteroatoms. The summed E-state index contributed by atoms with van der Waals surface area (Å²) in [4.78, 5) is 31.3. The maximum absolute atomic E-state index is 12.8. The van der Waals surface area contributed by atoms with Crippen molar-refractivity contribution in [2.45, 2.75) is 6.42 Å². The predicted octanol–water partition coefficient (Wildman–Crippen LogP) is 3.50. The zero-order valence-corrected chi connectivity index (χ0v) is 17.3. The molecule has 27 heavy (non-hydrogen) atoms. The number of anilines is 1. The summed E-state index contributed by atoms with van der Waals surface area (Å²) in [5, 5.41) is 0. The second-order valence-corrected chi connectivity index (χ2v) is 7.71. The summed E-state index contributed by atoms with van der Waals surface area (Å²) in [5.41, 5.74) is 2.41. The molecule has 0 bridgehead atoms. The van der Waals surface area contributed by atoms with Crippen molar-refractivity contribution in [1.82, 2.24) is 9.80 Å². The van der Waals surface area contributed by atoms with Crippen LogP contribution in [-0.2, 0) is 0 Å². The highest BCUT2D eigenvalue weighted by Gasteiger charge is 2.24. The topological polar surface area (TPSA) is 43.9 Å². The quantitative estimate of drug-likeness (QED) is 0.749. The van der Waals surface area contributed by atoms with Crippen molar-refractivity contribution in [2.75, 3.05) is 45.2 Å². The Morgan fingerprint density at radius 3 is 2.04 bits per heavy atom. The lowest BCUT2D eigenvalue weighted by molar-refractivity contribution is 0.0718. The fraction of sp³-hybridized carbons (Fsp3) is 0.333. The van der Waals surface area contributed by atoms with Crippen LogP contribution in [0.5, 0.6) is 0 Å². The van der Waals surface area contributed by atoms with Gasteiger partial charge in [0.25, 0.3) is 11.8 Å². The second kappa shape index (κ2) is 8.57. The van der Waals surface area contributed by atoms with Crippen molar-refractivity contribution in [3.05, 3.63) is 64.1 Å². The van der Waals surface area contributed by atoms with Crippen LogP contribution in [0.1, 0.15) is 27.1 Å². The van der Waals surface area contributed by atoms with Gasteiger partial charge in [0, 0.05) is 56.0 Å². The van der Waals surface area contributed by atoms with Gasteiger partial charge in [0.05, 0.1) is 5.56 Å². The standard InChI is InChI=1S/C21H24BrN3O2/c1-23(2)17-10-8-16(9-11-17)20(26)24-12-5-13-25(15-14-24)21(27)18-6-3-4-7-19(18)22/h3-4,6-11H,5,12-15H2,1-2H3. The van der Waals surface area contributed by atoms with E-state index >= 15 is 0 Å². The molecule has 0 radical (unpaired) electrons. The van der Waals surface area contributed by atoms with Crippen molar-refractivity contribution in [2.24, 2.45) is 0 Å². The summed E-state index contributed by atoms with van der Waals surface area (Å²) in [6.07, 6.45) is 0.776. The van der Waals surface area contributed by atoms with E-state index in [9.17, 15) is 9.59 Å². The van der Waals surface area contributed by atoms with Gasteiger partial charge in [0.15, 0.2) is 0 Å². The normalized spacial score (nSPS) is 14.6. The van der Waals surface area contributed by atoms with Crippen LogP contribution < -0.4 is 4.90 Å². The highest BCUT2D eigenvalue weighted by atomic mass is 79.9. The Balaban J connectivity index is 1.66. The van der Waals surface area contributed by atoms with E-state index in [0.29, 0.717) is 37.3 Å². The van der Waals surface area contributed by atoms with Crippen molar-refractivity contribution >= 4 is 33.4 Å². The highest BCUT2D eigenvalue weighted by Crippen LogP contribution is 2.20. The minimum absolute atomic E-state index is 0.00658. The molecular weight excluding hydrogens is 406 g/mol. The number of carbonyl (C=O) groups is 2. The molecule has 1 saturated heterocycles. The van der Waals surface area contributed by atoms with Crippen LogP contribution >= 0.6 is 15.9 Å². The number of hydrogen-bond donors (Lipinski definition) is 0. The van der Waals surface area contributed by atoms with Crippen LogP contribution in [0.2, 0.25) is 0 Å². The first kappa shape index (κ1) is 19.4. The zero-order chi connectivity index (χ0) is 19.4. The van der Waals surface area contributed by atoms with E-state index in [2.05, 4.69) is 15.9 Å². The first-order chi connectivity index (χ1) is 13.0. The Bertz CT molecular complexity index is 820. The number of nitrogens with zero attached hydrogens (tertiary/aromatic N) is 3.